The van der Waals surface area contributed by atoms with Crippen molar-refractivity contribution < 1.29 is 35.9 Å². The van der Waals surface area contributed by atoms with Crippen LogP contribution in [0.5, 0.6) is 0 Å². The Hall–Kier alpha value is -3.94. The number of esters is 1. The van der Waals surface area contributed by atoms with E-state index in [0.29, 0.717) is 16.2 Å². The largest absolute Gasteiger partial charge is 0.458 e. The molecule has 0 radical (unpaired) electrons. The number of benzene rings is 1. The molecule has 5 rings (SSSR count). The lowest BCUT2D eigenvalue weighted by Crippen LogP contribution is -2.47. The van der Waals surface area contributed by atoms with Gasteiger partial charge in [0.2, 0.25) is 10.0 Å². The molecule has 0 aliphatic carbocycles. The molecule has 2 unspecified atom stereocenters. The molecular formula is C27H29F3N6O6S. The highest BCUT2D eigenvalue weighted by Gasteiger charge is 2.44. The van der Waals surface area contributed by atoms with Crippen molar-refractivity contribution in [2.75, 3.05) is 18.5 Å². The van der Waals surface area contributed by atoms with E-state index in [1.807, 2.05) is 0 Å². The highest BCUT2D eigenvalue weighted by Crippen LogP contribution is 2.39. The first-order chi connectivity index (χ1) is 20.0. The van der Waals surface area contributed by atoms with Crippen LogP contribution in [-0.4, -0.2) is 64.5 Å². The van der Waals surface area contributed by atoms with E-state index < -0.39 is 58.1 Å². The number of pyridine rings is 1. The molecule has 3 aromatic rings. The van der Waals surface area contributed by atoms with Gasteiger partial charge in [0.15, 0.2) is 11.9 Å². The zero-order chi connectivity index (χ0) is 31.4. The summed E-state index contributed by atoms with van der Waals surface area (Å²) in [7, 11) is -4.32. The molecule has 0 spiro atoms. The number of nitriles is 1. The highest BCUT2D eigenvalue weighted by molar-refractivity contribution is 7.89. The van der Waals surface area contributed by atoms with Crippen LogP contribution in [0.25, 0.3) is 10.9 Å². The Morgan fingerprint density at radius 1 is 1.30 bits per heavy atom. The summed E-state index contributed by atoms with van der Waals surface area (Å²) in [6.07, 6.45) is -3.64. The first-order valence-corrected chi connectivity index (χ1v) is 14.8. The Balaban J connectivity index is 1.48. The smallest absolute Gasteiger partial charge is 0.402 e. The number of hydrogen-bond donors (Lipinski definition) is 2. The standard InChI is InChI=1S/C27H29F3N6O6S/c1-25(2,3)42-24(38)19-6-8-26(9-10-31,15-41-19)36-18-7-11-32-23(37)21(18)22(34-36)33-17-4-5-20-16(12-17)13-35(43(20,39)40)14-27(28,29)30/h4-5,7,11-12,19H,6,8-9,13-15H2,1-3H3,(H,32,37)(H,33,34). The number of aromatic nitrogens is 3. The quantitative estimate of drug-likeness (QED) is 0.391. The topological polar surface area (TPSA) is 159 Å². The van der Waals surface area contributed by atoms with Crippen molar-refractivity contribution in [3.8, 4) is 6.07 Å². The average molecular weight is 623 g/mol. The van der Waals surface area contributed by atoms with Crippen LogP contribution in [0, 0.1) is 11.3 Å². The summed E-state index contributed by atoms with van der Waals surface area (Å²) in [5, 5.41) is 17.5. The van der Waals surface area contributed by atoms with Crippen LogP contribution in [0.1, 0.15) is 45.6 Å². The van der Waals surface area contributed by atoms with E-state index in [1.54, 1.807) is 26.8 Å². The molecule has 2 atom stereocenters. The molecule has 0 amide bonds. The molecule has 1 saturated heterocycles. The first-order valence-electron chi connectivity index (χ1n) is 13.3. The fourth-order valence-corrected chi connectivity index (χ4v) is 6.94. The summed E-state index contributed by atoms with van der Waals surface area (Å²) in [5.74, 6) is -0.439. The van der Waals surface area contributed by atoms with Gasteiger partial charge in [0.1, 0.15) is 17.5 Å². The second-order valence-electron chi connectivity index (χ2n) is 11.6. The molecule has 16 heteroatoms. The minimum atomic E-state index is -4.71. The van der Waals surface area contributed by atoms with Gasteiger partial charge in [0.25, 0.3) is 5.56 Å². The van der Waals surface area contributed by atoms with Crippen molar-refractivity contribution in [2.45, 2.75) is 74.9 Å². The average Bonchev–Trinajstić information content (AvgIpc) is 3.38. The van der Waals surface area contributed by atoms with E-state index in [-0.39, 0.29) is 46.8 Å². The Bertz CT molecular complexity index is 1780. The summed E-state index contributed by atoms with van der Waals surface area (Å²) in [6, 6.07) is 7.73. The molecule has 4 heterocycles. The van der Waals surface area contributed by atoms with E-state index in [2.05, 4.69) is 21.5 Å². The van der Waals surface area contributed by atoms with Crippen molar-refractivity contribution in [3.05, 3.63) is 46.4 Å². The number of alkyl halides is 3. The minimum absolute atomic E-state index is 0.0528. The molecule has 0 saturated carbocycles. The van der Waals surface area contributed by atoms with Crippen molar-refractivity contribution in [3.63, 3.8) is 0 Å². The van der Waals surface area contributed by atoms with E-state index in [0.717, 1.165) is 0 Å². The number of nitrogens with one attached hydrogen (secondary N) is 2. The van der Waals surface area contributed by atoms with Crippen LogP contribution in [0.3, 0.4) is 0 Å². The number of carbonyl (C=O) groups excluding carboxylic acids is 1. The monoisotopic (exact) mass is 622 g/mol. The van der Waals surface area contributed by atoms with E-state index in [9.17, 15) is 36.4 Å². The van der Waals surface area contributed by atoms with Gasteiger partial charge < -0.3 is 19.8 Å². The second kappa shape index (κ2) is 10.6. The summed E-state index contributed by atoms with van der Waals surface area (Å²) in [4.78, 5) is 27.9. The van der Waals surface area contributed by atoms with Crippen molar-refractivity contribution in [1.29, 1.82) is 5.26 Å². The normalized spacial score (nSPS) is 22.2. The van der Waals surface area contributed by atoms with Gasteiger partial charge in [-0.1, -0.05) is 0 Å². The summed E-state index contributed by atoms with van der Waals surface area (Å²) in [6.45, 7) is 3.08. The maximum atomic E-state index is 13.0. The van der Waals surface area contributed by atoms with Gasteiger partial charge >= 0.3 is 12.1 Å². The lowest BCUT2D eigenvalue weighted by atomic mass is 9.87. The van der Waals surface area contributed by atoms with E-state index in [4.69, 9.17) is 9.47 Å². The van der Waals surface area contributed by atoms with Crippen LogP contribution < -0.4 is 10.9 Å². The number of H-pyrrole nitrogens is 1. The van der Waals surface area contributed by atoms with Crippen molar-refractivity contribution in [2.24, 2.45) is 0 Å². The lowest BCUT2D eigenvalue weighted by Gasteiger charge is -2.39. The third-order valence-electron chi connectivity index (χ3n) is 7.20. The molecule has 2 aliphatic heterocycles. The van der Waals surface area contributed by atoms with Gasteiger partial charge in [0, 0.05) is 18.4 Å². The van der Waals surface area contributed by atoms with Crippen LogP contribution in [0.4, 0.5) is 24.7 Å². The number of carbonyl (C=O) groups is 1. The molecular weight excluding hydrogens is 593 g/mol. The summed E-state index contributed by atoms with van der Waals surface area (Å²) < 4.78 is 77.4. The number of halogens is 3. The number of hydrogen-bond acceptors (Lipinski definition) is 9. The molecule has 43 heavy (non-hydrogen) atoms. The predicted molar refractivity (Wildman–Crippen MR) is 147 cm³/mol. The highest BCUT2D eigenvalue weighted by atomic mass is 32.2. The van der Waals surface area contributed by atoms with Gasteiger partial charge in [-0.15, -0.1) is 0 Å². The zero-order valence-corrected chi connectivity index (χ0v) is 24.3. The first kappa shape index (κ1) is 30.5. The van der Waals surface area contributed by atoms with Crippen LogP contribution in [0.2, 0.25) is 0 Å². The maximum absolute atomic E-state index is 13.0. The summed E-state index contributed by atoms with van der Waals surface area (Å²) in [5.41, 5.74) is -1.43. The Labute approximate surface area is 244 Å². The van der Waals surface area contributed by atoms with Crippen LogP contribution in [-0.2, 0) is 36.4 Å². The number of fused-ring (bicyclic) bond motifs is 2. The molecule has 2 aromatic heterocycles. The molecule has 0 bridgehead atoms. The molecule has 2 aliphatic rings. The van der Waals surface area contributed by atoms with Gasteiger partial charge in [-0.25, -0.2) is 13.2 Å². The minimum Gasteiger partial charge on any atom is -0.458 e. The van der Waals surface area contributed by atoms with Crippen LogP contribution >= 0.6 is 0 Å². The van der Waals surface area contributed by atoms with Gasteiger partial charge in [-0.3, -0.25) is 9.48 Å². The summed E-state index contributed by atoms with van der Waals surface area (Å²) >= 11 is 0. The van der Waals surface area contributed by atoms with Gasteiger partial charge in [-0.2, -0.15) is 27.8 Å². The number of nitrogens with zero attached hydrogens (tertiary/aromatic N) is 4. The predicted octanol–water partition coefficient (Wildman–Crippen LogP) is 3.66. The maximum Gasteiger partial charge on any atom is 0.402 e. The Morgan fingerprint density at radius 2 is 2.05 bits per heavy atom. The third-order valence-corrected chi connectivity index (χ3v) is 9.09. The number of ether oxygens (including phenoxy) is 2. The van der Waals surface area contributed by atoms with E-state index in [1.165, 1.54) is 29.1 Å². The Morgan fingerprint density at radius 3 is 2.67 bits per heavy atom. The SMILES string of the molecule is CC(C)(C)OC(=O)C1CCC(CC#N)(n2nc(Nc3ccc4c(c3)CN(CC(F)(F)F)S4(=O)=O)c3c(=O)[nH]ccc32)CO1. The number of rotatable bonds is 6. The molecule has 230 valence electrons. The second-order valence-corrected chi connectivity index (χ2v) is 13.5. The molecule has 1 aromatic carbocycles. The fraction of sp³-hybridized carbons (Fsp3) is 0.481. The molecule has 2 N–H and O–H groups in total. The van der Waals surface area contributed by atoms with E-state index >= 15 is 0 Å². The number of anilines is 2. The molecule has 1 fully saturated rings. The number of aromatic amines is 1. The molecule has 12 nitrogen and oxygen atoms in total. The van der Waals surface area contributed by atoms with Crippen molar-refractivity contribution >= 4 is 38.4 Å². The van der Waals surface area contributed by atoms with Gasteiger partial charge in [-0.05, 0) is 63.4 Å². The Kier molecular flexibility index (Phi) is 7.56. The lowest BCUT2D eigenvalue weighted by molar-refractivity contribution is -0.176. The zero-order valence-electron chi connectivity index (χ0n) is 23.5. The van der Waals surface area contributed by atoms with Crippen LogP contribution in [0.15, 0.2) is 40.2 Å². The van der Waals surface area contributed by atoms with Crippen molar-refractivity contribution in [1.82, 2.24) is 19.1 Å². The third kappa shape index (κ3) is 5.97. The van der Waals surface area contributed by atoms with Gasteiger partial charge in [0.05, 0.1) is 35.0 Å². The fourth-order valence-electron chi connectivity index (χ4n) is 5.34. The number of sulfonamides is 1.